The van der Waals surface area contributed by atoms with Crippen molar-refractivity contribution in [1.29, 1.82) is 0 Å². The van der Waals surface area contributed by atoms with Crippen LogP contribution in [-0.2, 0) is 0 Å². The zero-order valence-corrected chi connectivity index (χ0v) is 7.88. The maximum absolute atomic E-state index is 12.9. The Hall–Kier alpha value is -1.78. The van der Waals surface area contributed by atoms with Crippen LogP contribution in [0, 0.1) is 5.82 Å². The third-order valence-electron chi connectivity index (χ3n) is 2.03. The number of benzene rings is 2. The van der Waals surface area contributed by atoms with E-state index in [4.69, 9.17) is 0 Å². The van der Waals surface area contributed by atoms with Gasteiger partial charge in [0.25, 0.3) is 0 Å². The highest BCUT2D eigenvalue weighted by atomic mass is 19.4. The van der Waals surface area contributed by atoms with Gasteiger partial charge in [-0.15, -0.1) is 13.2 Å². The van der Waals surface area contributed by atoms with Crippen molar-refractivity contribution in [2.24, 2.45) is 0 Å². The third-order valence-corrected chi connectivity index (χ3v) is 2.03. The lowest BCUT2D eigenvalue weighted by molar-refractivity contribution is -0.274. The van der Waals surface area contributed by atoms with Crippen LogP contribution in [0.25, 0.3) is 10.8 Å². The highest BCUT2D eigenvalue weighted by Gasteiger charge is 2.31. The van der Waals surface area contributed by atoms with Gasteiger partial charge in [-0.25, -0.2) is 4.39 Å². The van der Waals surface area contributed by atoms with E-state index in [2.05, 4.69) is 4.74 Å². The molecule has 0 saturated carbocycles. The van der Waals surface area contributed by atoms with Crippen molar-refractivity contribution in [3.8, 4) is 5.75 Å². The van der Waals surface area contributed by atoms with Crippen molar-refractivity contribution >= 4 is 10.8 Å². The van der Waals surface area contributed by atoms with Crippen LogP contribution in [0.2, 0.25) is 0 Å². The molecule has 0 unspecified atom stereocenters. The van der Waals surface area contributed by atoms with Crippen LogP contribution in [0.1, 0.15) is 0 Å². The molecule has 84 valence electrons. The van der Waals surface area contributed by atoms with Crippen LogP contribution in [0.15, 0.2) is 36.4 Å². The maximum Gasteiger partial charge on any atom is 0.573 e. The largest absolute Gasteiger partial charge is 0.573 e. The number of hydrogen-bond acceptors (Lipinski definition) is 1. The number of alkyl halides is 3. The molecule has 0 amide bonds. The lowest BCUT2D eigenvalue weighted by Gasteiger charge is -2.11. The Bertz CT molecular complexity index is 519. The van der Waals surface area contributed by atoms with Gasteiger partial charge in [0, 0.05) is 5.39 Å². The van der Waals surface area contributed by atoms with Gasteiger partial charge in [0.05, 0.1) is 0 Å². The standard InChI is InChI=1S/C11H6F4O/c12-8-5-4-7-2-1-3-10(9(7)6-8)16-11(13,14)15/h1-6H. The van der Waals surface area contributed by atoms with Crippen LogP contribution in [0.3, 0.4) is 0 Å². The first-order valence-electron chi connectivity index (χ1n) is 4.40. The average molecular weight is 230 g/mol. The topological polar surface area (TPSA) is 9.23 Å². The van der Waals surface area contributed by atoms with Crippen molar-refractivity contribution < 1.29 is 22.3 Å². The Morgan fingerprint density at radius 2 is 1.75 bits per heavy atom. The molecule has 1 nitrogen and oxygen atoms in total. The van der Waals surface area contributed by atoms with Gasteiger partial charge in [0.2, 0.25) is 0 Å². The summed E-state index contributed by atoms with van der Waals surface area (Å²) in [5.74, 6) is -1.00. The second kappa shape index (κ2) is 3.66. The van der Waals surface area contributed by atoms with Crippen LogP contribution in [-0.4, -0.2) is 6.36 Å². The van der Waals surface area contributed by atoms with E-state index in [0.29, 0.717) is 5.39 Å². The van der Waals surface area contributed by atoms with E-state index in [-0.39, 0.29) is 5.39 Å². The molecule has 0 aliphatic rings. The van der Waals surface area contributed by atoms with Gasteiger partial charge in [-0.1, -0.05) is 18.2 Å². The molecule has 0 fully saturated rings. The van der Waals surface area contributed by atoms with Crippen molar-refractivity contribution in [2.45, 2.75) is 6.36 Å². The molecule has 0 aromatic heterocycles. The number of fused-ring (bicyclic) bond motifs is 1. The zero-order chi connectivity index (χ0) is 11.8. The van der Waals surface area contributed by atoms with Crippen molar-refractivity contribution in [3.05, 3.63) is 42.2 Å². The van der Waals surface area contributed by atoms with Crippen molar-refractivity contribution in [2.75, 3.05) is 0 Å². The summed E-state index contributed by atoms with van der Waals surface area (Å²) < 4.78 is 52.9. The van der Waals surface area contributed by atoms with E-state index in [1.165, 1.54) is 18.2 Å². The molecule has 0 aliphatic heterocycles. The molecule has 0 aliphatic carbocycles. The molecule has 0 N–H and O–H groups in total. The molecule has 2 aromatic carbocycles. The normalized spacial score (nSPS) is 11.8. The first-order chi connectivity index (χ1) is 7.46. The number of halogens is 4. The van der Waals surface area contributed by atoms with Crippen LogP contribution in [0.5, 0.6) is 5.75 Å². The van der Waals surface area contributed by atoms with Gasteiger partial charge >= 0.3 is 6.36 Å². The predicted octanol–water partition coefficient (Wildman–Crippen LogP) is 3.88. The Morgan fingerprint density at radius 1 is 1.00 bits per heavy atom. The summed E-state index contributed by atoms with van der Waals surface area (Å²) in [7, 11) is 0. The molecule has 2 aromatic rings. The minimum atomic E-state index is -4.78. The summed E-state index contributed by atoms with van der Waals surface area (Å²) >= 11 is 0. The molecular weight excluding hydrogens is 224 g/mol. The molecule has 2 rings (SSSR count). The fourth-order valence-corrected chi connectivity index (χ4v) is 1.43. The summed E-state index contributed by atoms with van der Waals surface area (Å²) in [5, 5.41) is 0.586. The second-order valence-electron chi connectivity index (χ2n) is 3.17. The number of hydrogen-bond donors (Lipinski definition) is 0. The van der Waals surface area contributed by atoms with E-state index in [0.717, 1.165) is 12.1 Å². The third kappa shape index (κ3) is 2.24. The van der Waals surface area contributed by atoms with E-state index in [9.17, 15) is 17.6 Å². The van der Waals surface area contributed by atoms with Gasteiger partial charge in [-0.2, -0.15) is 0 Å². The summed E-state index contributed by atoms with van der Waals surface area (Å²) in [4.78, 5) is 0. The zero-order valence-electron chi connectivity index (χ0n) is 7.88. The lowest BCUT2D eigenvalue weighted by atomic mass is 10.1. The SMILES string of the molecule is Fc1ccc2cccc(OC(F)(F)F)c2c1. The first kappa shape index (κ1) is 10.7. The Balaban J connectivity index is 2.56. The fourth-order valence-electron chi connectivity index (χ4n) is 1.43. The van der Waals surface area contributed by atoms with Crippen LogP contribution < -0.4 is 4.74 Å². The van der Waals surface area contributed by atoms with E-state index < -0.39 is 17.9 Å². The highest BCUT2D eigenvalue weighted by molar-refractivity contribution is 5.88. The maximum atomic E-state index is 12.9. The van der Waals surface area contributed by atoms with E-state index >= 15 is 0 Å². The predicted molar refractivity (Wildman–Crippen MR) is 50.6 cm³/mol. The summed E-state index contributed by atoms with van der Waals surface area (Å²) in [5.41, 5.74) is 0. The van der Waals surface area contributed by atoms with Crippen molar-refractivity contribution in [3.63, 3.8) is 0 Å². The van der Waals surface area contributed by atoms with Gasteiger partial charge < -0.3 is 4.74 Å². The summed E-state index contributed by atoms with van der Waals surface area (Å²) in [6.07, 6.45) is -4.78. The second-order valence-corrected chi connectivity index (χ2v) is 3.17. The van der Waals surface area contributed by atoms with Gasteiger partial charge in [-0.3, -0.25) is 0 Å². The molecule has 0 spiro atoms. The monoisotopic (exact) mass is 230 g/mol. The molecule has 0 heterocycles. The molecule has 16 heavy (non-hydrogen) atoms. The fraction of sp³-hybridized carbons (Fsp3) is 0.0909. The summed E-state index contributed by atoms with van der Waals surface area (Å²) in [6.45, 7) is 0. The van der Waals surface area contributed by atoms with Crippen molar-refractivity contribution in [1.82, 2.24) is 0 Å². The molecule has 5 heteroatoms. The minimum Gasteiger partial charge on any atom is -0.405 e. The van der Waals surface area contributed by atoms with Gasteiger partial charge in [0.1, 0.15) is 11.6 Å². The minimum absolute atomic E-state index is 0.0971. The van der Waals surface area contributed by atoms with E-state index in [1.54, 1.807) is 6.07 Å². The lowest BCUT2D eigenvalue weighted by Crippen LogP contribution is -2.17. The molecule has 0 saturated heterocycles. The summed E-state index contributed by atoms with van der Waals surface area (Å²) in [6, 6.07) is 7.73. The first-order valence-corrected chi connectivity index (χ1v) is 4.40. The van der Waals surface area contributed by atoms with Gasteiger partial charge in [-0.05, 0) is 23.6 Å². The molecular formula is C11H6F4O. The quantitative estimate of drug-likeness (QED) is 0.675. The Labute approximate surface area is 88.3 Å². The smallest absolute Gasteiger partial charge is 0.405 e. The highest BCUT2D eigenvalue weighted by Crippen LogP contribution is 2.30. The average Bonchev–Trinajstić information content (AvgIpc) is 2.17. The molecule has 0 atom stereocenters. The molecule has 0 bridgehead atoms. The number of ether oxygens (including phenoxy) is 1. The Kier molecular flexibility index (Phi) is 2.46. The van der Waals surface area contributed by atoms with Crippen LogP contribution >= 0.6 is 0 Å². The van der Waals surface area contributed by atoms with Crippen LogP contribution in [0.4, 0.5) is 17.6 Å². The van der Waals surface area contributed by atoms with Gasteiger partial charge in [0.15, 0.2) is 0 Å². The molecule has 0 radical (unpaired) electrons. The number of rotatable bonds is 1. The Morgan fingerprint density at radius 3 is 2.44 bits per heavy atom. The van der Waals surface area contributed by atoms with E-state index in [1.807, 2.05) is 0 Å².